The lowest BCUT2D eigenvalue weighted by Crippen LogP contribution is -2.26. The lowest BCUT2D eigenvalue weighted by molar-refractivity contribution is 0.352. The number of nitrogens with one attached hydrogen (secondary N) is 1. The van der Waals surface area contributed by atoms with Gasteiger partial charge in [-0.15, -0.1) is 0 Å². The third-order valence-electron chi connectivity index (χ3n) is 4.26. The average Bonchev–Trinajstić information content (AvgIpc) is 2.98. The Morgan fingerprint density at radius 2 is 2.05 bits per heavy atom. The fourth-order valence-electron chi connectivity index (χ4n) is 2.86. The molecule has 1 N–H and O–H groups in total. The predicted molar refractivity (Wildman–Crippen MR) is 85.9 cm³/mol. The normalized spacial score (nSPS) is 15.7. The molecule has 2 heterocycles. The second-order valence-electron chi connectivity index (χ2n) is 5.73. The second kappa shape index (κ2) is 5.85. The van der Waals surface area contributed by atoms with Crippen LogP contribution in [0.4, 0.5) is 5.69 Å². The maximum absolute atomic E-state index is 12.1. The Bertz CT molecular complexity index is 701. The van der Waals surface area contributed by atoms with Gasteiger partial charge in [-0.3, -0.25) is 9.36 Å². The average molecular weight is 286 g/mol. The van der Waals surface area contributed by atoms with Crippen molar-refractivity contribution in [2.45, 2.75) is 19.8 Å². The van der Waals surface area contributed by atoms with E-state index >= 15 is 0 Å². The van der Waals surface area contributed by atoms with Gasteiger partial charge in [0, 0.05) is 25.8 Å². The van der Waals surface area contributed by atoms with Gasteiger partial charge in [-0.05, 0) is 51.1 Å². The number of nitrogens with zero attached hydrogens (tertiary/aromatic N) is 3. The maximum Gasteiger partial charge on any atom is 0.261 e. The van der Waals surface area contributed by atoms with Gasteiger partial charge in [-0.25, -0.2) is 4.98 Å². The van der Waals surface area contributed by atoms with Gasteiger partial charge in [0.2, 0.25) is 0 Å². The molecule has 5 nitrogen and oxygen atoms in total. The summed E-state index contributed by atoms with van der Waals surface area (Å²) in [7, 11) is 1.76. The molecule has 112 valence electrons. The minimum atomic E-state index is 0.0149. The zero-order chi connectivity index (χ0) is 14.8. The monoisotopic (exact) mass is 286 g/mol. The summed E-state index contributed by atoms with van der Waals surface area (Å²) in [5.74, 6) is 0.738. The molecule has 1 fully saturated rings. The number of hydrogen-bond donors (Lipinski definition) is 1. The molecule has 21 heavy (non-hydrogen) atoms. The first-order valence-corrected chi connectivity index (χ1v) is 7.59. The molecular weight excluding hydrogens is 264 g/mol. The smallest absolute Gasteiger partial charge is 0.261 e. The van der Waals surface area contributed by atoms with E-state index in [0.29, 0.717) is 5.39 Å². The topological polar surface area (TPSA) is 50.2 Å². The molecule has 0 saturated carbocycles. The van der Waals surface area contributed by atoms with Crippen LogP contribution >= 0.6 is 0 Å². The van der Waals surface area contributed by atoms with Gasteiger partial charge in [0.25, 0.3) is 5.56 Å². The van der Waals surface area contributed by atoms with Crippen LogP contribution in [0.3, 0.4) is 0 Å². The number of likely N-dealkylation sites (tertiary alicyclic amines) is 1. The van der Waals surface area contributed by atoms with Crippen LogP contribution in [-0.2, 0) is 7.05 Å². The van der Waals surface area contributed by atoms with E-state index in [4.69, 9.17) is 0 Å². The summed E-state index contributed by atoms with van der Waals surface area (Å²) in [6, 6.07) is 5.79. The van der Waals surface area contributed by atoms with Crippen LogP contribution in [0, 0.1) is 6.92 Å². The Kier molecular flexibility index (Phi) is 3.92. The number of benzene rings is 1. The van der Waals surface area contributed by atoms with Crippen molar-refractivity contribution in [3.05, 3.63) is 34.4 Å². The Morgan fingerprint density at radius 1 is 1.29 bits per heavy atom. The van der Waals surface area contributed by atoms with Gasteiger partial charge in [-0.1, -0.05) is 0 Å². The number of rotatable bonds is 4. The molecule has 1 saturated heterocycles. The van der Waals surface area contributed by atoms with Crippen LogP contribution in [0.5, 0.6) is 0 Å². The molecule has 2 aromatic rings. The number of hydrogen-bond acceptors (Lipinski definition) is 4. The molecule has 0 unspecified atom stereocenters. The number of fused-ring (bicyclic) bond motifs is 1. The standard InChI is InChI=1S/C16H22N4O/c1-12-18-15-11-13(5-6-14(15)16(21)19(12)2)17-7-10-20-8-3-4-9-20/h5-6,11,17H,3-4,7-10H2,1-2H3. The fourth-order valence-corrected chi connectivity index (χ4v) is 2.86. The first kappa shape index (κ1) is 14.1. The highest BCUT2D eigenvalue weighted by atomic mass is 16.1. The molecule has 3 rings (SSSR count). The van der Waals surface area contributed by atoms with E-state index < -0.39 is 0 Å². The van der Waals surface area contributed by atoms with E-state index in [2.05, 4.69) is 15.2 Å². The molecule has 0 bridgehead atoms. The molecule has 1 aliphatic rings. The molecule has 1 aromatic heterocycles. The summed E-state index contributed by atoms with van der Waals surface area (Å²) in [6.07, 6.45) is 2.64. The summed E-state index contributed by atoms with van der Waals surface area (Å²) < 4.78 is 1.59. The minimum absolute atomic E-state index is 0.0149. The van der Waals surface area contributed by atoms with Gasteiger partial charge in [0.05, 0.1) is 10.9 Å². The van der Waals surface area contributed by atoms with Crippen LogP contribution < -0.4 is 10.9 Å². The quantitative estimate of drug-likeness (QED) is 0.930. The summed E-state index contributed by atoms with van der Waals surface area (Å²) in [6.45, 7) is 6.29. The molecule has 0 spiro atoms. The molecule has 1 aliphatic heterocycles. The van der Waals surface area contributed by atoms with Gasteiger partial charge in [0.1, 0.15) is 5.82 Å². The van der Waals surface area contributed by atoms with Crippen LogP contribution in [0.25, 0.3) is 10.9 Å². The molecule has 0 aliphatic carbocycles. The largest absolute Gasteiger partial charge is 0.384 e. The first-order valence-electron chi connectivity index (χ1n) is 7.59. The molecule has 1 aromatic carbocycles. The summed E-state index contributed by atoms with van der Waals surface area (Å²) in [4.78, 5) is 19.1. The van der Waals surface area contributed by atoms with Crippen molar-refractivity contribution in [2.75, 3.05) is 31.5 Å². The van der Waals surface area contributed by atoms with E-state index in [1.165, 1.54) is 25.9 Å². The minimum Gasteiger partial charge on any atom is -0.384 e. The van der Waals surface area contributed by atoms with Crippen molar-refractivity contribution >= 4 is 16.6 Å². The summed E-state index contributed by atoms with van der Waals surface area (Å²) in [5.41, 5.74) is 1.81. The molecule has 5 heteroatoms. The van der Waals surface area contributed by atoms with Crippen LogP contribution in [0.15, 0.2) is 23.0 Å². The van der Waals surface area contributed by atoms with Crippen molar-refractivity contribution < 1.29 is 0 Å². The number of aryl methyl sites for hydroxylation is 1. The van der Waals surface area contributed by atoms with Gasteiger partial charge in [-0.2, -0.15) is 0 Å². The zero-order valence-electron chi connectivity index (χ0n) is 12.7. The zero-order valence-corrected chi connectivity index (χ0v) is 12.7. The molecular formula is C16H22N4O. The summed E-state index contributed by atoms with van der Waals surface area (Å²) in [5, 5.41) is 4.10. The Morgan fingerprint density at radius 3 is 2.81 bits per heavy atom. The van der Waals surface area contributed by atoms with E-state index in [9.17, 15) is 4.79 Å². The second-order valence-corrected chi connectivity index (χ2v) is 5.73. The van der Waals surface area contributed by atoms with Gasteiger partial charge >= 0.3 is 0 Å². The highest BCUT2D eigenvalue weighted by Crippen LogP contribution is 2.15. The van der Waals surface area contributed by atoms with E-state index in [-0.39, 0.29) is 5.56 Å². The SMILES string of the molecule is Cc1nc2cc(NCCN3CCCC3)ccc2c(=O)n1C. The van der Waals surface area contributed by atoms with Crippen LogP contribution in [-0.4, -0.2) is 40.6 Å². The van der Waals surface area contributed by atoms with E-state index in [0.717, 1.165) is 30.1 Å². The van der Waals surface area contributed by atoms with Crippen molar-refractivity contribution in [2.24, 2.45) is 7.05 Å². The lowest BCUT2D eigenvalue weighted by Gasteiger charge is -2.15. The maximum atomic E-state index is 12.1. The first-order chi connectivity index (χ1) is 10.1. The van der Waals surface area contributed by atoms with E-state index in [1.54, 1.807) is 11.6 Å². The molecule has 0 atom stereocenters. The third kappa shape index (κ3) is 2.93. The molecule has 0 radical (unpaired) electrons. The predicted octanol–water partition coefficient (Wildman–Crippen LogP) is 1.75. The van der Waals surface area contributed by atoms with Gasteiger partial charge < -0.3 is 10.2 Å². The highest BCUT2D eigenvalue weighted by Gasteiger charge is 2.10. The molecule has 0 amide bonds. The lowest BCUT2D eigenvalue weighted by atomic mass is 10.2. The fraction of sp³-hybridized carbons (Fsp3) is 0.500. The van der Waals surface area contributed by atoms with Gasteiger partial charge in [0.15, 0.2) is 0 Å². The highest BCUT2D eigenvalue weighted by molar-refractivity contribution is 5.81. The van der Waals surface area contributed by atoms with Crippen LogP contribution in [0.2, 0.25) is 0 Å². The Balaban J connectivity index is 1.74. The Labute approximate surface area is 124 Å². The third-order valence-corrected chi connectivity index (χ3v) is 4.26. The van der Waals surface area contributed by atoms with E-state index in [1.807, 2.05) is 25.1 Å². The van der Waals surface area contributed by atoms with Crippen molar-refractivity contribution in [3.63, 3.8) is 0 Å². The van der Waals surface area contributed by atoms with Crippen molar-refractivity contribution in [1.29, 1.82) is 0 Å². The Hall–Kier alpha value is -1.88. The summed E-state index contributed by atoms with van der Waals surface area (Å²) >= 11 is 0. The number of anilines is 1. The van der Waals surface area contributed by atoms with Crippen molar-refractivity contribution in [1.82, 2.24) is 14.5 Å². The number of aromatic nitrogens is 2. The van der Waals surface area contributed by atoms with Crippen molar-refractivity contribution in [3.8, 4) is 0 Å². The van der Waals surface area contributed by atoms with Crippen LogP contribution in [0.1, 0.15) is 18.7 Å².